The van der Waals surface area contributed by atoms with Crippen molar-refractivity contribution in [1.82, 2.24) is 10.2 Å². The van der Waals surface area contributed by atoms with Crippen LogP contribution in [-0.2, 0) is 19.1 Å². The van der Waals surface area contributed by atoms with Crippen LogP contribution in [0.3, 0.4) is 0 Å². The van der Waals surface area contributed by atoms with E-state index in [0.717, 1.165) is 24.6 Å². The van der Waals surface area contributed by atoms with Gasteiger partial charge in [-0.05, 0) is 38.2 Å². The molecule has 1 saturated heterocycles. The number of thioether (sulfide) groups is 1. The van der Waals surface area contributed by atoms with Crippen LogP contribution < -0.4 is 10.1 Å². The number of carbonyl (C=O) groups is 2. The van der Waals surface area contributed by atoms with Gasteiger partial charge in [0.25, 0.3) is 0 Å². The number of ether oxygens (including phenoxy) is 3. The minimum Gasteiger partial charge on any atom is -0.496 e. The van der Waals surface area contributed by atoms with Crippen LogP contribution in [0.4, 0.5) is 13.2 Å². The van der Waals surface area contributed by atoms with Gasteiger partial charge in [0.15, 0.2) is 10.9 Å². The van der Waals surface area contributed by atoms with Crippen molar-refractivity contribution in [2.45, 2.75) is 57.5 Å². The van der Waals surface area contributed by atoms with E-state index in [-0.39, 0.29) is 29.3 Å². The zero-order chi connectivity index (χ0) is 26.7. The van der Waals surface area contributed by atoms with Crippen molar-refractivity contribution in [1.29, 1.82) is 0 Å². The Morgan fingerprint density at radius 2 is 2.05 bits per heavy atom. The third-order valence-corrected chi connectivity index (χ3v) is 6.86. The molecule has 37 heavy (non-hydrogen) atoms. The van der Waals surface area contributed by atoms with E-state index in [9.17, 15) is 22.8 Å². The summed E-state index contributed by atoms with van der Waals surface area (Å²) in [6, 6.07) is 5.22. The normalized spacial score (nSPS) is 21.5. The van der Waals surface area contributed by atoms with Crippen molar-refractivity contribution >= 4 is 28.8 Å². The number of hydrogen-bond donors (Lipinski definition) is 1. The topological polar surface area (TPSA) is 89.5 Å². The lowest BCUT2D eigenvalue weighted by Crippen LogP contribution is -2.41. The van der Waals surface area contributed by atoms with E-state index in [2.05, 4.69) is 10.3 Å². The van der Waals surface area contributed by atoms with Crippen LogP contribution in [0, 0.1) is 0 Å². The number of rotatable bonds is 8. The molecule has 3 aliphatic heterocycles. The number of amides is 1. The number of carbonyl (C=O) groups excluding carboxylic acids is 2. The molecule has 2 unspecified atom stereocenters. The molecule has 3 heterocycles. The molecule has 1 aromatic rings. The summed E-state index contributed by atoms with van der Waals surface area (Å²) >= 11 is 0.961. The summed E-state index contributed by atoms with van der Waals surface area (Å²) in [4.78, 5) is 31.3. The Labute approximate surface area is 216 Å². The molecule has 0 bridgehead atoms. The van der Waals surface area contributed by atoms with Crippen LogP contribution in [0.25, 0.3) is 0 Å². The fourth-order valence-corrected chi connectivity index (χ4v) is 5.32. The first-order chi connectivity index (χ1) is 17.6. The lowest BCUT2D eigenvalue weighted by molar-refractivity contribution is -0.145. The Morgan fingerprint density at radius 1 is 1.30 bits per heavy atom. The minimum absolute atomic E-state index is 0.00579. The van der Waals surface area contributed by atoms with Gasteiger partial charge in [0.1, 0.15) is 5.75 Å². The summed E-state index contributed by atoms with van der Waals surface area (Å²) in [5, 5.41) is 4.42. The van der Waals surface area contributed by atoms with Crippen molar-refractivity contribution in [2.75, 3.05) is 20.3 Å². The largest absolute Gasteiger partial charge is 0.496 e. The Morgan fingerprint density at radius 3 is 2.70 bits per heavy atom. The molecule has 4 rings (SSSR count). The van der Waals surface area contributed by atoms with Crippen LogP contribution in [0.5, 0.6) is 5.75 Å². The summed E-state index contributed by atoms with van der Waals surface area (Å²) in [6.45, 7) is 4.10. The van der Waals surface area contributed by atoms with Crippen LogP contribution in [0.15, 0.2) is 51.6 Å². The molecule has 2 atom stereocenters. The fourth-order valence-electron chi connectivity index (χ4n) is 4.40. The standard InChI is InChI=1S/C25H28F3N3O5S/c1-14(2)36-23(33)20-21(17-8-4-5-9-18(17)34-3)31-15(11-19(32)29-12-16-7-6-10-35-16)13-37-24(31)30-22(20)25(26,27)28/h4-5,8-9,13-14,16,21H,6-7,10-12H2,1-3H3,(H,29,32). The van der Waals surface area contributed by atoms with Gasteiger partial charge in [-0.25, -0.2) is 9.79 Å². The molecule has 1 fully saturated rings. The van der Waals surface area contributed by atoms with E-state index in [1.165, 1.54) is 12.0 Å². The molecule has 1 amide bonds. The third-order valence-electron chi connectivity index (χ3n) is 5.97. The van der Waals surface area contributed by atoms with Gasteiger partial charge in [-0.1, -0.05) is 30.0 Å². The number of allylic oxidation sites excluding steroid dienone is 1. The SMILES string of the molecule is COc1ccccc1C1C(C(=O)OC(C)C)=C(C(F)(F)F)N=C2SC=C(CC(=O)NCC3CCCO3)N21. The lowest BCUT2D eigenvalue weighted by atomic mass is 9.92. The number of halogens is 3. The van der Waals surface area contributed by atoms with Crippen molar-refractivity contribution in [2.24, 2.45) is 4.99 Å². The van der Waals surface area contributed by atoms with E-state index in [1.54, 1.807) is 43.5 Å². The second-order valence-electron chi connectivity index (χ2n) is 8.97. The monoisotopic (exact) mass is 539 g/mol. The van der Waals surface area contributed by atoms with Gasteiger partial charge in [-0.15, -0.1) is 0 Å². The Bertz CT molecular complexity index is 1140. The molecule has 0 aromatic heterocycles. The number of aliphatic imine (C=N–C) groups is 1. The second-order valence-corrected chi connectivity index (χ2v) is 9.80. The molecule has 0 radical (unpaired) electrons. The first-order valence-electron chi connectivity index (χ1n) is 11.9. The highest BCUT2D eigenvalue weighted by Crippen LogP contribution is 2.49. The van der Waals surface area contributed by atoms with Gasteiger partial charge < -0.3 is 24.4 Å². The predicted octanol–water partition coefficient (Wildman–Crippen LogP) is 4.45. The molecule has 200 valence electrons. The number of amidine groups is 1. The zero-order valence-corrected chi connectivity index (χ0v) is 21.4. The third kappa shape index (κ3) is 5.96. The van der Waals surface area contributed by atoms with Crippen molar-refractivity contribution in [3.8, 4) is 5.75 Å². The van der Waals surface area contributed by atoms with Gasteiger partial charge in [0.05, 0.1) is 37.4 Å². The highest BCUT2D eigenvalue weighted by atomic mass is 32.2. The fraction of sp³-hybridized carbons (Fsp3) is 0.480. The maximum Gasteiger partial charge on any atom is 0.434 e. The summed E-state index contributed by atoms with van der Waals surface area (Å²) in [7, 11) is 1.39. The first-order valence-corrected chi connectivity index (χ1v) is 12.7. The number of methoxy groups -OCH3 is 1. The van der Waals surface area contributed by atoms with Crippen molar-refractivity contribution in [3.63, 3.8) is 0 Å². The summed E-state index contributed by atoms with van der Waals surface area (Å²) < 4.78 is 59.0. The lowest BCUT2D eigenvalue weighted by Gasteiger charge is -2.37. The van der Waals surface area contributed by atoms with Gasteiger partial charge in [-0.3, -0.25) is 4.79 Å². The molecule has 0 spiro atoms. The average Bonchev–Trinajstić information content (AvgIpc) is 3.51. The molecule has 3 aliphatic rings. The molecular formula is C25H28F3N3O5S. The van der Waals surface area contributed by atoms with E-state index in [0.29, 0.717) is 24.4 Å². The minimum atomic E-state index is -4.92. The van der Waals surface area contributed by atoms with Crippen LogP contribution >= 0.6 is 11.8 Å². The highest BCUT2D eigenvalue weighted by molar-refractivity contribution is 8.16. The smallest absolute Gasteiger partial charge is 0.434 e. The zero-order valence-electron chi connectivity index (χ0n) is 20.6. The number of alkyl halides is 3. The molecule has 0 aliphatic carbocycles. The molecule has 1 N–H and O–H groups in total. The molecule has 12 heteroatoms. The van der Waals surface area contributed by atoms with Crippen molar-refractivity contribution < 1.29 is 37.0 Å². The van der Waals surface area contributed by atoms with Crippen LogP contribution in [0.1, 0.15) is 44.7 Å². The maximum atomic E-state index is 14.2. The Kier molecular flexibility index (Phi) is 8.17. The molecular weight excluding hydrogens is 511 g/mol. The van der Waals surface area contributed by atoms with Gasteiger partial charge in [0, 0.05) is 24.4 Å². The van der Waals surface area contributed by atoms with Gasteiger partial charge in [0.2, 0.25) is 5.91 Å². The van der Waals surface area contributed by atoms with Crippen LogP contribution in [0.2, 0.25) is 0 Å². The number of hydrogen-bond acceptors (Lipinski definition) is 8. The van der Waals surface area contributed by atoms with Crippen molar-refractivity contribution in [3.05, 3.63) is 52.2 Å². The first kappa shape index (κ1) is 27.1. The summed E-state index contributed by atoms with van der Waals surface area (Å²) in [6.07, 6.45) is -3.99. The Balaban J connectivity index is 1.74. The average molecular weight is 540 g/mol. The molecule has 1 aromatic carbocycles. The quantitative estimate of drug-likeness (QED) is 0.489. The number of para-hydroxylation sites is 1. The van der Waals surface area contributed by atoms with Gasteiger partial charge in [-0.2, -0.15) is 13.2 Å². The van der Waals surface area contributed by atoms with Gasteiger partial charge >= 0.3 is 12.1 Å². The number of nitrogens with one attached hydrogen (secondary N) is 1. The maximum absolute atomic E-state index is 14.2. The summed E-state index contributed by atoms with van der Waals surface area (Å²) in [5.41, 5.74) is -1.28. The highest BCUT2D eigenvalue weighted by Gasteiger charge is 2.50. The predicted molar refractivity (Wildman–Crippen MR) is 132 cm³/mol. The molecule has 0 saturated carbocycles. The number of nitrogens with zero attached hydrogens (tertiary/aromatic N) is 2. The number of esters is 1. The van der Waals surface area contributed by atoms with E-state index >= 15 is 0 Å². The van der Waals surface area contributed by atoms with E-state index < -0.39 is 35.6 Å². The summed E-state index contributed by atoms with van der Waals surface area (Å²) in [5.74, 6) is -1.18. The number of fused-ring (bicyclic) bond motifs is 1. The Hall–Kier alpha value is -2.99. The number of benzene rings is 1. The van der Waals surface area contributed by atoms with Crippen LogP contribution in [-0.4, -0.2) is 60.6 Å². The van der Waals surface area contributed by atoms with E-state index in [1.807, 2.05) is 0 Å². The molecule has 8 nitrogen and oxygen atoms in total. The van der Waals surface area contributed by atoms with E-state index in [4.69, 9.17) is 14.2 Å². The second kappa shape index (κ2) is 11.2.